The van der Waals surface area contributed by atoms with Crippen LogP contribution in [0.3, 0.4) is 0 Å². The van der Waals surface area contributed by atoms with Gasteiger partial charge in [-0.2, -0.15) is 0 Å². The third-order valence-electron chi connectivity index (χ3n) is 2.06. The summed E-state index contributed by atoms with van der Waals surface area (Å²) in [7, 11) is 0. The van der Waals surface area contributed by atoms with E-state index < -0.39 is 0 Å². The largest absolute Gasteiger partial charge is 0.337 e. The van der Waals surface area contributed by atoms with Gasteiger partial charge in [0.15, 0.2) is 0 Å². The highest BCUT2D eigenvalue weighted by molar-refractivity contribution is 5.81. The molecule has 1 aliphatic rings. The number of nitrogens with two attached hydrogens (primary N) is 1. The maximum atomic E-state index is 11.0. The van der Waals surface area contributed by atoms with E-state index in [1.54, 1.807) is 0 Å². The van der Waals surface area contributed by atoms with Crippen molar-refractivity contribution >= 4 is 5.91 Å². The highest BCUT2D eigenvalue weighted by Gasteiger charge is 2.19. The number of amides is 1. The van der Waals surface area contributed by atoms with Crippen LogP contribution < -0.4 is 11.1 Å². The minimum absolute atomic E-state index is 0.00111. The molecule has 0 radical (unpaired) electrons. The number of carbonyl (C=O) groups excluding carboxylic acids is 1. The van der Waals surface area contributed by atoms with Gasteiger partial charge in [0.25, 0.3) is 0 Å². The first-order chi connectivity index (χ1) is 5.77. The van der Waals surface area contributed by atoms with E-state index >= 15 is 0 Å². The summed E-state index contributed by atoms with van der Waals surface area (Å²) in [6, 6.07) is 7.73. The quantitative estimate of drug-likeness (QED) is 0.577. The molecule has 1 unspecified atom stereocenters. The van der Waals surface area contributed by atoms with Crippen molar-refractivity contribution in [3.8, 4) is 0 Å². The summed E-state index contributed by atoms with van der Waals surface area (Å²) in [6.45, 7) is 0. The zero-order valence-electron chi connectivity index (χ0n) is 6.58. The van der Waals surface area contributed by atoms with E-state index in [2.05, 4.69) is 5.32 Å². The Morgan fingerprint density at radius 3 is 3.00 bits per heavy atom. The van der Waals surface area contributed by atoms with Crippen LogP contribution in [0.4, 0.5) is 0 Å². The predicted molar refractivity (Wildman–Crippen MR) is 45.2 cm³/mol. The molecule has 1 aromatic carbocycles. The molecule has 62 valence electrons. The highest BCUT2D eigenvalue weighted by atomic mass is 16.1. The standard InChI is InChI=1S/C9H10N2O/c10-9-7-4-2-1-3-6(7)5-8(12)11-9/h1-4,9H,5,10H2,(H,11,12). The molecule has 1 heterocycles. The van der Waals surface area contributed by atoms with Crippen molar-refractivity contribution in [1.29, 1.82) is 0 Å². The van der Waals surface area contributed by atoms with Crippen molar-refractivity contribution in [2.24, 2.45) is 5.73 Å². The molecule has 0 saturated carbocycles. The van der Waals surface area contributed by atoms with E-state index in [1.165, 1.54) is 0 Å². The molecule has 3 N–H and O–H groups in total. The molecule has 1 atom stereocenters. The van der Waals surface area contributed by atoms with Gasteiger partial charge >= 0.3 is 0 Å². The molecule has 0 aromatic heterocycles. The molecule has 0 spiro atoms. The van der Waals surface area contributed by atoms with Crippen molar-refractivity contribution in [1.82, 2.24) is 5.32 Å². The van der Waals surface area contributed by atoms with E-state index in [0.29, 0.717) is 6.42 Å². The first-order valence-corrected chi connectivity index (χ1v) is 3.90. The average molecular weight is 162 g/mol. The van der Waals surface area contributed by atoms with Gasteiger partial charge in [-0.15, -0.1) is 0 Å². The third-order valence-corrected chi connectivity index (χ3v) is 2.06. The summed E-state index contributed by atoms with van der Waals surface area (Å²) in [5.41, 5.74) is 7.77. The fourth-order valence-corrected chi connectivity index (χ4v) is 1.47. The van der Waals surface area contributed by atoms with Crippen molar-refractivity contribution in [3.63, 3.8) is 0 Å². The normalized spacial score (nSPS) is 21.4. The first-order valence-electron chi connectivity index (χ1n) is 3.90. The van der Waals surface area contributed by atoms with E-state index in [0.717, 1.165) is 11.1 Å². The van der Waals surface area contributed by atoms with Crippen LogP contribution in [0.5, 0.6) is 0 Å². The SMILES string of the molecule is NC1NC(=O)Cc2ccccc21. The fraction of sp³-hybridized carbons (Fsp3) is 0.222. The number of carbonyl (C=O) groups is 1. The maximum absolute atomic E-state index is 11.0. The summed E-state index contributed by atoms with van der Waals surface area (Å²) in [6.07, 6.45) is 0.117. The van der Waals surface area contributed by atoms with Crippen LogP contribution in [0.2, 0.25) is 0 Å². The monoisotopic (exact) mass is 162 g/mol. The highest BCUT2D eigenvalue weighted by Crippen LogP contribution is 2.18. The fourth-order valence-electron chi connectivity index (χ4n) is 1.47. The lowest BCUT2D eigenvalue weighted by Crippen LogP contribution is -2.39. The van der Waals surface area contributed by atoms with Crippen LogP contribution in [0.1, 0.15) is 17.3 Å². The van der Waals surface area contributed by atoms with E-state index in [-0.39, 0.29) is 12.1 Å². The molecule has 12 heavy (non-hydrogen) atoms. The number of benzene rings is 1. The molecule has 3 heteroatoms. The minimum atomic E-state index is -0.331. The number of hydrogen-bond acceptors (Lipinski definition) is 2. The molecule has 3 nitrogen and oxygen atoms in total. The molecule has 1 aliphatic heterocycles. The molecule has 1 aromatic rings. The Balaban J connectivity index is 2.47. The molecule has 0 saturated heterocycles. The molecular weight excluding hydrogens is 152 g/mol. The zero-order chi connectivity index (χ0) is 8.55. The first kappa shape index (κ1) is 7.31. The second-order valence-corrected chi connectivity index (χ2v) is 2.92. The Morgan fingerprint density at radius 2 is 2.17 bits per heavy atom. The van der Waals surface area contributed by atoms with Crippen molar-refractivity contribution in [3.05, 3.63) is 35.4 Å². The topological polar surface area (TPSA) is 55.1 Å². The lowest BCUT2D eigenvalue weighted by atomic mass is 9.99. The average Bonchev–Trinajstić information content (AvgIpc) is 2.04. The van der Waals surface area contributed by atoms with Gasteiger partial charge in [0.2, 0.25) is 5.91 Å². The van der Waals surface area contributed by atoms with Gasteiger partial charge in [0.1, 0.15) is 6.17 Å². The Bertz CT molecular complexity index is 322. The molecule has 1 amide bonds. The second kappa shape index (κ2) is 2.60. The molecule has 2 rings (SSSR count). The van der Waals surface area contributed by atoms with Gasteiger partial charge in [-0.1, -0.05) is 24.3 Å². The minimum Gasteiger partial charge on any atom is -0.337 e. The van der Waals surface area contributed by atoms with Crippen LogP contribution in [0.15, 0.2) is 24.3 Å². The van der Waals surface area contributed by atoms with Gasteiger partial charge in [0, 0.05) is 0 Å². The van der Waals surface area contributed by atoms with Crippen LogP contribution in [0.25, 0.3) is 0 Å². The number of hydrogen-bond donors (Lipinski definition) is 2. The van der Waals surface area contributed by atoms with E-state index in [4.69, 9.17) is 5.73 Å². The van der Waals surface area contributed by atoms with Gasteiger partial charge in [-0.25, -0.2) is 0 Å². The van der Waals surface area contributed by atoms with Crippen LogP contribution in [-0.2, 0) is 11.2 Å². The number of nitrogens with one attached hydrogen (secondary N) is 1. The summed E-state index contributed by atoms with van der Waals surface area (Å²) < 4.78 is 0. The molecule has 0 bridgehead atoms. The number of rotatable bonds is 0. The second-order valence-electron chi connectivity index (χ2n) is 2.92. The van der Waals surface area contributed by atoms with Crippen LogP contribution >= 0.6 is 0 Å². The summed E-state index contributed by atoms with van der Waals surface area (Å²) >= 11 is 0. The smallest absolute Gasteiger partial charge is 0.225 e. The number of fused-ring (bicyclic) bond motifs is 1. The Kier molecular flexibility index (Phi) is 1.59. The Labute approximate surface area is 70.6 Å². The molecular formula is C9H10N2O. The maximum Gasteiger partial charge on any atom is 0.225 e. The van der Waals surface area contributed by atoms with E-state index in [1.807, 2.05) is 24.3 Å². The van der Waals surface area contributed by atoms with Crippen molar-refractivity contribution < 1.29 is 4.79 Å². The Morgan fingerprint density at radius 1 is 1.42 bits per heavy atom. The van der Waals surface area contributed by atoms with Crippen LogP contribution in [-0.4, -0.2) is 5.91 Å². The summed E-state index contributed by atoms with van der Waals surface area (Å²) in [5, 5.41) is 2.67. The lowest BCUT2D eigenvalue weighted by molar-refractivity contribution is -0.121. The Hall–Kier alpha value is -1.35. The lowest BCUT2D eigenvalue weighted by Gasteiger charge is -2.22. The van der Waals surface area contributed by atoms with Crippen LogP contribution in [0, 0.1) is 0 Å². The molecule has 0 aliphatic carbocycles. The van der Waals surface area contributed by atoms with Gasteiger partial charge < -0.3 is 11.1 Å². The third kappa shape index (κ3) is 1.08. The van der Waals surface area contributed by atoms with Crippen molar-refractivity contribution in [2.75, 3.05) is 0 Å². The predicted octanol–water partition coefficient (Wildman–Crippen LogP) is 0.316. The van der Waals surface area contributed by atoms with E-state index in [9.17, 15) is 4.79 Å². The van der Waals surface area contributed by atoms with Gasteiger partial charge in [-0.05, 0) is 11.1 Å². The zero-order valence-corrected chi connectivity index (χ0v) is 6.58. The van der Waals surface area contributed by atoms with Crippen molar-refractivity contribution in [2.45, 2.75) is 12.6 Å². The van der Waals surface area contributed by atoms with Gasteiger partial charge in [0.05, 0.1) is 6.42 Å². The summed E-state index contributed by atoms with van der Waals surface area (Å²) in [4.78, 5) is 11.0. The van der Waals surface area contributed by atoms with Gasteiger partial charge in [-0.3, -0.25) is 4.79 Å². The summed E-state index contributed by atoms with van der Waals surface area (Å²) in [5.74, 6) is 0.00111. The molecule has 0 fully saturated rings.